The van der Waals surface area contributed by atoms with E-state index in [1.807, 2.05) is 18.2 Å². The number of methoxy groups -OCH3 is 2. The molecule has 27 heavy (non-hydrogen) atoms. The van der Waals surface area contributed by atoms with Gasteiger partial charge in [0.15, 0.2) is 17.3 Å². The van der Waals surface area contributed by atoms with Gasteiger partial charge in [-0.1, -0.05) is 18.2 Å². The summed E-state index contributed by atoms with van der Waals surface area (Å²) in [6.45, 7) is 2.83. The average molecular weight is 370 g/mol. The predicted octanol–water partition coefficient (Wildman–Crippen LogP) is 3.07. The molecule has 0 aliphatic carbocycles. The molecule has 0 heterocycles. The highest BCUT2D eigenvalue weighted by Gasteiger charge is 2.06. The lowest BCUT2D eigenvalue weighted by molar-refractivity contribution is -0.116. The summed E-state index contributed by atoms with van der Waals surface area (Å²) < 4.78 is 10.5. The summed E-state index contributed by atoms with van der Waals surface area (Å²) >= 11 is 0. The minimum absolute atomic E-state index is 0.0251. The summed E-state index contributed by atoms with van der Waals surface area (Å²) in [7, 11) is 3.23. The molecule has 0 saturated heterocycles. The Morgan fingerprint density at radius 1 is 0.963 bits per heavy atom. The van der Waals surface area contributed by atoms with Crippen LogP contribution in [0.4, 0.5) is 5.69 Å². The molecule has 2 aromatic carbocycles. The number of Topliss-reactive ketones (excluding diaryl/α,β-unsaturated/α-hetero) is 1. The van der Waals surface area contributed by atoms with Crippen LogP contribution in [0.2, 0.25) is 0 Å². The largest absolute Gasteiger partial charge is 0.493 e. The maximum atomic E-state index is 12.0. The summed E-state index contributed by atoms with van der Waals surface area (Å²) in [6.07, 6.45) is 1.18. The van der Waals surface area contributed by atoms with Gasteiger partial charge in [-0.15, -0.1) is 0 Å². The molecular weight excluding hydrogens is 344 g/mol. The number of anilines is 1. The van der Waals surface area contributed by atoms with Crippen molar-refractivity contribution in [3.63, 3.8) is 0 Å². The van der Waals surface area contributed by atoms with E-state index in [0.29, 0.717) is 35.7 Å². The van der Waals surface area contributed by atoms with E-state index in [1.165, 1.54) is 6.92 Å². The fourth-order valence-corrected chi connectivity index (χ4v) is 2.64. The van der Waals surface area contributed by atoms with Crippen molar-refractivity contribution in [2.75, 3.05) is 32.6 Å². The minimum Gasteiger partial charge on any atom is -0.493 e. The lowest BCUT2D eigenvalue weighted by atomic mass is 10.1. The number of carbonyl (C=O) groups excluding carboxylic acids is 2. The van der Waals surface area contributed by atoms with Crippen LogP contribution in [-0.4, -0.2) is 39.0 Å². The molecule has 0 aliphatic heterocycles. The molecule has 0 unspecified atom stereocenters. The van der Waals surface area contributed by atoms with Gasteiger partial charge in [0.2, 0.25) is 5.91 Å². The number of benzene rings is 2. The average Bonchev–Trinajstić information content (AvgIpc) is 2.67. The van der Waals surface area contributed by atoms with Crippen LogP contribution in [0.5, 0.6) is 11.5 Å². The van der Waals surface area contributed by atoms with E-state index in [9.17, 15) is 9.59 Å². The number of ether oxygens (including phenoxy) is 2. The second-order valence-corrected chi connectivity index (χ2v) is 6.12. The Bertz CT molecular complexity index is 790. The number of amides is 1. The van der Waals surface area contributed by atoms with E-state index in [1.54, 1.807) is 38.5 Å². The fraction of sp³-hybridized carbons (Fsp3) is 0.333. The van der Waals surface area contributed by atoms with Crippen molar-refractivity contribution in [3.05, 3.63) is 53.6 Å². The minimum atomic E-state index is -0.0886. The molecule has 2 rings (SSSR count). The maximum absolute atomic E-state index is 12.0. The van der Waals surface area contributed by atoms with Gasteiger partial charge in [0.1, 0.15) is 0 Å². The van der Waals surface area contributed by atoms with Gasteiger partial charge in [-0.2, -0.15) is 0 Å². The first-order valence-electron chi connectivity index (χ1n) is 8.86. The van der Waals surface area contributed by atoms with Crippen molar-refractivity contribution in [1.29, 1.82) is 0 Å². The number of nitrogens with one attached hydrogen (secondary N) is 2. The molecule has 0 spiro atoms. The van der Waals surface area contributed by atoms with Crippen LogP contribution >= 0.6 is 0 Å². The van der Waals surface area contributed by atoms with E-state index in [0.717, 1.165) is 18.5 Å². The van der Waals surface area contributed by atoms with Gasteiger partial charge >= 0.3 is 0 Å². The predicted molar refractivity (Wildman–Crippen MR) is 106 cm³/mol. The number of carbonyl (C=O) groups is 2. The Morgan fingerprint density at radius 3 is 2.44 bits per heavy atom. The first kappa shape index (κ1) is 20.5. The van der Waals surface area contributed by atoms with Crippen LogP contribution in [0, 0.1) is 0 Å². The third-order valence-electron chi connectivity index (χ3n) is 4.12. The zero-order valence-electron chi connectivity index (χ0n) is 16.0. The molecule has 144 valence electrons. The molecule has 0 aromatic heterocycles. The lowest BCUT2D eigenvalue weighted by Crippen LogP contribution is -2.23. The second kappa shape index (κ2) is 10.3. The molecule has 0 saturated carbocycles. The van der Waals surface area contributed by atoms with Gasteiger partial charge in [-0.05, 0) is 49.7 Å². The quantitative estimate of drug-likeness (QED) is 0.496. The van der Waals surface area contributed by atoms with E-state index < -0.39 is 0 Å². The Kier molecular flexibility index (Phi) is 7.82. The zero-order valence-corrected chi connectivity index (χ0v) is 16.0. The zero-order chi connectivity index (χ0) is 19.6. The van der Waals surface area contributed by atoms with Crippen molar-refractivity contribution in [3.8, 4) is 11.5 Å². The van der Waals surface area contributed by atoms with Gasteiger partial charge < -0.3 is 20.1 Å². The molecule has 0 radical (unpaired) electrons. The molecule has 0 bridgehead atoms. The van der Waals surface area contributed by atoms with Crippen LogP contribution in [-0.2, 0) is 11.2 Å². The van der Waals surface area contributed by atoms with Crippen molar-refractivity contribution >= 4 is 17.4 Å². The molecule has 0 aliphatic rings. The van der Waals surface area contributed by atoms with Gasteiger partial charge in [0.05, 0.1) is 14.2 Å². The van der Waals surface area contributed by atoms with Gasteiger partial charge in [0.25, 0.3) is 0 Å². The Morgan fingerprint density at radius 2 is 1.74 bits per heavy atom. The maximum Gasteiger partial charge on any atom is 0.225 e. The highest BCUT2D eigenvalue weighted by molar-refractivity contribution is 5.97. The van der Waals surface area contributed by atoms with Crippen LogP contribution < -0.4 is 20.1 Å². The van der Waals surface area contributed by atoms with Crippen LogP contribution in [0.1, 0.15) is 29.3 Å². The normalized spacial score (nSPS) is 10.3. The van der Waals surface area contributed by atoms with E-state index in [4.69, 9.17) is 9.47 Å². The van der Waals surface area contributed by atoms with Gasteiger partial charge in [0, 0.05) is 24.2 Å². The van der Waals surface area contributed by atoms with Gasteiger partial charge in [-0.3, -0.25) is 9.59 Å². The van der Waals surface area contributed by atoms with Crippen molar-refractivity contribution in [2.45, 2.75) is 19.8 Å². The molecule has 2 N–H and O–H groups in total. The molecule has 1 amide bonds. The fourth-order valence-electron chi connectivity index (χ4n) is 2.64. The highest BCUT2D eigenvalue weighted by atomic mass is 16.5. The molecular formula is C21H26N2O4. The van der Waals surface area contributed by atoms with Crippen LogP contribution in [0.3, 0.4) is 0 Å². The number of rotatable bonds is 10. The Balaban J connectivity index is 1.71. The number of hydrogen-bond acceptors (Lipinski definition) is 5. The van der Waals surface area contributed by atoms with Crippen LogP contribution in [0.25, 0.3) is 0 Å². The third kappa shape index (κ3) is 6.42. The van der Waals surface area contributed by atoms with Gasteiger partial charge in [-0.25, -0.2) is 0 Å². The van der Waals surface area contributed by atoms with Crippen molar-refractivity contribution in [2.24, 2.45) is 0 Å². The molecule has 0 fully saturated rings. The third-order valence-corrected chi connectivity index (χ3v) is 4.12. The molecule has 6 nitrogen and oxygen atoms in total. The summed E-state index contributed by atoms with van der Waals surface area (Å²) in [4.78, 5) is 23.4. The second-order valence-electron chi connectivity index (χ2n) is 6.12. The number of hydrogen-bond donors (Lipinski definition) is 2. The first-order chi connectivity index (χ1) is 13.0. The van der Waals surface area contributed by atoms with E-state index >= 15 is 0 Å². The summed E-state index contributed by atoms with van der Waals surface area (Å²) in [5.74, 6) is 1.30. The monoisotopic (exact) mass is 370 g/mol. The van der Waals surface area contributed by atoms with E-state index in [2.05, 4.69) is 10.6 Å². The lowest BCUT2D eigenvalue weighted by Gasteiger charge is -2.10. The topological polar surface area (TPSA) is 76.7 Å². The smallest absolute Gasteiger partial charge is 0.225 e. The van der Waals surface area contributed by atoms with Crippen molar-refractivity contribution < 1.29 is 19.1 Å². The number of ketones is 1. The molecule has 6 heteroatoms. The standard InChI is InChI=1S/C21H26N2O4/c1-15(24)17-5-4-6-18(14-17)23-21(25)10-12-22-11-9-16-7-8-19(26-2)20(13-16)27-3/h4-8,13-14,22H,9-12H2,1-3H3,(H,23,25). The highest BCUT2D eigenvalue weighted by Crippen LogP contribution is 2.27. The SMILES string of the molecule is COc1ccc(CCNCCC(=O)Nc2cccc(C(C)=O)c2)cc1OC. The summed E-state index contributed by atoms with van der Waals surface area (Å²) in [6, 6.07) is 12.8. The van der Waals surface area contributed by atoms with Crippen LogP contribution in [0.15, 0.2) is 42.5 Å². The summed E-state index contributed by atoms with van der Waals surface area (Å²) in [5.41, 5.74) is 2.35. The first-order valence-corrected chi connectivity index (χ1v) is 8.86. The Hall–Kier alpha value is -2.86. The van der Waals surface area contributed by atoms with E-state index in [-0.39, 0.29) is 11.7 Å². The molecule has 0 atom stereocenters. The van der Waals surface area contributed by atoms with Crippen molar-refractivity contribution in [1.82, 2.24) is 5.32 Å². The molecule has 2 aromatic rings. The summed E-state index contributed by atoms with van der Waals surface area (Å²) in [5, 5.41) is 6.07. The Labute approximate surface area is 159 Å².